The van der Waals surface area contributed by atoms with Crippen LogP contribution in [0.3, 0.4) is 0 Å². The van der Waals surface area contributed by atoms with Crippen molar-refractivity contribution in [2.24, 2.45) is 5.73 Å². The van der Waals surface area contributed by atoms with Gasteiger partial charge in [-0.1, -0.05) is 37.6 Å². The molecule has 0 aliphatic carbocycles. The number of nitrogens with zero attached hydrogens (tertiary/aromatic N) is 1. The first-order valence-corrected chi connectivity index (χ1v) is 7.85. The molecule has 1 aromatic heterocycles. The highest BCUT2D eigenvalue weighted by molar-refractivity contribution is 9.11. The molecule has 1 aromatic carbocycles. The van der Waals surface area contributed by atoms with Crippen molar-refractivity contribution in [3.8, 4) is 0 Å². The minimum absolute atomic E-state index is 0.209. The molecule has 1 unspecified atom stereocenters. The number of hydrogen-bond donors (Lipinski definition) is 1. The average Bonchev–Trinajstić information content (AvgIpc) is 2.39. The van der Waals surface area contributed by atoms with E-state index in [9.17, 15) is 0 Å². The van der Waals surface area contributed by atoms with Gasteiger partial charge in [-0.3, -0.25) is 4.98 Å². The van der Waals surface area contributed by atoms with Crippen LogP contribution >= 0.6 is 31.9 Å². The van der Waals surface area contributed by atoms with Crippen LogP contribution in [0.4, 0.5) is 0 Å². The number of rotatable bonds is 4. The van der Waals surface area contributed by atoms with Gasteiger partial charge in [0.2, 0.25) is 0 Å². The lowest BCUT2D eigenvalue weighted by molar-refractivity contribution is 0.815. The number of aryl methyl sites for hydroxylation is 1. The van der Waals surface area contributed by atoms with Gasteiger partial charge in [0.15, 0.2) is 0 Å². The summed E-state index contributed by atoms with van der Waals surface area (Å²) in [6.07, 6.45) is 3.99. The molecule has 0 aliphatic rings. The normalized spacial score (nSPS) is 12.4. The molecule has 0 saturated heterocycles. The Bertz CT molecular complexity index is 570. The summed E-state index contributed by atoms with van der Waals surface area (Å²) < 4.78 is 1.87. The van der Waals surface area contributed by atoms with Crippen LogP contribution in [0.25, 0.3) is 0 Å². The van der Waals surface area contributed by atoms with E-state index in [1.807, 2.05) is 6.07 Å². The molecule has 0 aliphatic heterocycles. The Hall–Kier alpha value is -0.710. The Morgan fingerprint density at radius 2 is 2.05 bits per heavy atom. The summed E-state index contributed by atoms with van der Waals surface area (Å²) in [6.45, 7) is 2.18. The maximum Gasteiger partial charge on any atom is 0.0758 e. The fourth-order valence-corrected chi connectivity index (χ4v) is 3.28. The molecular formula is C15H16Br2N2. The van der Waals surface area contributed by atoms with E-state index >= 15 is 0 Å². The molecule has 0 spiro atoms. The predicted molar refractivity (Wildman–Crippen MR) is 86.1 cm³/mol. The predicted octanol–water partition coefficient (Wildman–Crippen LogP) is 4.61. The average molecular weight is 384 g/mol. The lowest BCUT2D eigenvalue weighted by atomic mass is 10.00. The van der Waals surface area contributed by atoms with Crippen LogP contribution in [-0.2, 0) is 6.42 Å². The van der Waals surface area contributed by atoms with Crippen molar-refractivity contribution in [2.75, 3.05) is 0 Å². The molecule has 0 saturated carbocycles. The van der Waals surface area contributed by atoms with Crippen LogP contribution < -0.4 is 5.73 Å². The molecule has 2 nitrogen and oxygen atoms in total. The van der Waals surface area contributed by atoms with Crippen molar-refractivity contribution >= 4 is 31.9 Å². The van der Waals surface area contributed by atoms with Gasteiger partial charge in [0.1, 0.15) is 0 Å². The molecule has 2 aromatic rings. The van der Waals surface area contributed by atoms with E-state index in [2.05, 4.69) is 68.0 Å². The molecule has 1 atom stereocenters. The zero-order valence-corrected chi connectivity index (χ0v) is 13.9. The number of halogens is 2. The van der Waals surface area contributed by atoms with Crippen molar-refractivity contribution in [3.63, 3.8) is 0 Å². The van der Waals surface area contributed by atoms with E-state index in [1.165, 1.54) is 5.56 Å². The van der Waals surface area contributed by atoms with E-state index in [0.717, 1.165) is 33.0 Å². The summed E-state index contributed by atoms with van der Waals surface area (Å²) in [5.74, 6) is 0. The molecule has 0 radical (unpaired) electrons. The summed E-state index contributed by atoms with van der Waals surface area (Å²) in [5, 5.41) is 0. The minimum atomic E-state index is -0.209. The molecule has 19 heavy (non-hydrogen) atoms. The SMILES string of the molecule is CCCc1cccc(C(N)c2ncc(Br)cc2Br)c1. The first-order valence-electron chi connectivity index (χ1n) is 6.27. The second kappa shape index (κ2) is 6.64. The van der Waals surface area contributed by atoms with Gasteiger partial charge in [0, 0.05) is 15.1 Å². The number of benzene rings is 1. The van der Waals surface area contributed by atoms with E-state index in [-0.39, 0.29) is 6.04 Å². The van der Waals surface area contributed by atoms with Gasteiger partial charge in [0.05, 0.1) is 11.7 Å². The van der Waals surface area contributed by atoms with E-state index < -0.39 is 0 Å². The van der Waals surface area contributed by atoms with Crippen LogP contribution in [0.5, 0.6) is 0 Å². The summed E-state index contributed by atoms with van der Waals surface area (Å²) in [5.41, 5.74) is 9.60. The topological polar surface area (TPSA) is 38.9 Å². The Morgan fingerprint density at radius 1 is 1.26 bits per heavy atom. The monoisotopic (exact) mass is 382 g/mol. The second-order valence-electron chi connectivity index (χ2n) is 4.49. The molecule has 1 heterocycles. The van der Waals surface area contributed by atoms with Gasteiger partial charge in [-0.05, 0) is 55.5 Å². The lowest BCUT2D eigenvalue weighted by Crippen LogP contribution is -2.14. The Balaban J connectivity index is 2.32. The van der Waals surface area contributed by atoms with Crippen molar-refractivity contribution in [1.29, 1.82) is 0 Å². The number of aromatic nitrogens is 1. The van der Waals surface area contributed by atoms with Gasteiger partial charge >= 0.3 is 0 Å². The van der Waals surface area contributed by atoms with Crippen LogP contribution in [-0.4, -0.2) is 4.98 Å². The van der Waals surface area contributed by atoms with Gasteiger partial charge < -0.3 is 5.73 Å². The van der Waals surface area contributed by atoms with Crippen LogP contribution in [0.15, 0.2) is 45.5 Å². The first-order chi connectivity index (χ1) is 9.11. The van der Waals surface area contributed by atoms with Crippen molar-refractivity contribution in [3.05, 3.63) is 62.3 Å². The van der Waals surface area contributed by atoms with Gasteiger partial charge in [-0.25, -0.2) is 0 Å². The standard InChI is InChI=1S/C15H16Br2N2/c1-2-4-10-5-3-6-11(7-10)14(18)15-13(17)8-12(16)9-19-15/h3,5-9,14H,2,4,18H2,1H3. The first kappa shape index (κ1) is 14.7. The maximum atomic E-state index is 6.32. The molecule has 4 heteroatoms. The summed E-state index contributed by atoms with van der Waals surface area (Å²) in [4.78, 5) is 4.41. The van der Waals surface area contributed by atoms with E-state index in [0.29, 0.717) is 0 Å². The lowest BCUT2D eigenvalue weighted by Gasteiger charge is -2.14. The van der Waals surface area contributed by atoms with Crippen LogP contribution in [0, 0.1) is 0 Å². The highest BCUT2D eigenvalue weighted by Crippen LogP contribution is 2.27. The summed E-state index contributed by atoms with van der Waals surface area (Å²) in [6, 6.07) is 10.2. The smallest absolute Gasteiger partial charge is 0.0758 e. The quantitative estimate of drug-likeness (QED) is 0.837. The number of nitrogens with two attached hydrogens (primary N) is 1. The highest BCUT2D eigenvalue weighted by atomic mass is 79.9. The third-order valence-corrected chi connectivity index (χ3v) is 4.05. The van der Waals surface area contributed by atoms with Crippen molar-refractivity contribution < 1.29 is 0 Å². The highest BCUT2D eigenvalue weighted by Gasteiger charge is 2.14. The van der Waals surface area contributed by atoms with Crippen LogP contribution in [0.2, 0.25) is 0 Å². The fraction of sp³-hybridized carbons (Fsp3) is 0.267. The van der Waals surface area contributed by atoms with Gasteiger partial charge in [0.25, 0.3) is 0 Å². The maximum absolute atomic E-state index is 6.32. The Kier molecular flexibility index (Phi) is 5.13. The zero-order chi connectivity index (χ0) is 13.8. The molecule has 0 bridgehead atoms. The third kappa shape index (κ3) is 3.65. The molecule has 0 amide bonds. The summed E-state index contributed by atoms with van der Waals surface area (Å²) >= 11 is 6.92. The fourth-order valence-electron chi connectivity index (χ4n) is 2.04. The molecule has 100 valence electrons. The van der Waals surface area contributed by atoms with E-state index in [1.54, 1.807) is 6.20 Å². The van der Waals surface area contributed by atoms with Gasteiger partial charge in [-0.2, -0.15) is 0 Å². The largest absolute Gasteiger partial charge is 0.319 e. The number of pyridine rings is 1. The Labute approximate surface area is 130 Å². The van der Waals surface area contributed by atoms with Crippen LogP contribution in [0.1, 0.15) is 36.2 Å². The van der Waals surface area contributed by atoms with Crippen molar-refractivity contribution in [1.82, 2.24) is 4.98 Å². The third-order valence-electron chi connectivity index (χ3n) is 2.98. The zero-order valence-electron chi connectivity index (χ0n) is 10.7. The van der Waals surface area contributed by atoms with Crippen molar-refractivity contribution in [2.45, 2.75) is 25.8 Å². The Morgan fingerprint density at radius 3 is 2.74 bits per heavy atom. The van der Waals surface area contributed by atoms with Gasteiger partial charge in [-0.15, -0.1) is 0 Å². The summed E-state index contributed by atoms with van der Waals surface area (Å²) in [7, 11) is 0. The molecule has 2 rings (SSSR count). The molecular weight excluding hydrogens is 368 g/mol. The molecule has 2 N–H and O–H groups in total. The van der Waals surface area contributed by atoms with E-state index in [4.69, 9.17) is 5.73 Å². The minimum Gasteiger partial charge on any atom is -0.319 e. The number of hydrogen-bond acceptors (Lipinski definition) is 2. The molecule has 0 fully saturated rings. The second-order valence-corrected chi connectivity index (χ2v) is 6.26.